The van der Waals surface area contributed by atoms with Crippen LogP contribution >= 0.6 is 11.6 Å². The number of hydrogen-bond acceptors (Lipinski definition) is 3. The van der Waals surface area contributed by atoms with Gasteiger partial charge in [-0.25, -0.2) is 0 Å². The van der Waals surface area contributed by atoms with Crippen LogP contribution in [-0.2, 0) is 0 Å². The molecule has 90 valence electrons. The zero-order chi connectivity index (χ0) is 13.1. The van der Waals surface area contributed by atoms with Crippen LogP contribution in [0, 0.1) is 18.3 Å². The van der Waals surface area contributed by atoms with Gasteiger partial charge >= 0.3 is 0 Å². The third-order valence-corrected chi connectivity index (χ3v) is 2.84. The van der Waals surface area contributed by atoms with Crippen LogP contribution in [0.25, 0.3) is 0 Å². The van der Waals surface area contributed by atoms with Crippen molar-refractivity contribution in [3.8, 4) is 17.6 Å². The monoisotopic (exact) mass is 258 g/mol. The van der Waals surface area contributed by atoms with E-state index in [-0.39, 0.29) is 0 Å². The molecule has 2 aromatic carbocycles. The molecule has 3 nitrogen and oxygen atoms in total. The van der Waals surface area contributed by atoms with Gasteiger partial charge in [-0.2, -0.15) is 5.26 Å². The average Bonchev–Trinajstić information content (AvgIpc) is 2.34. The van der Waals surface area contributed by atoms with Gasteiger partial charge in [0.25, 0.3) is 0 Å². The predicted molar refractivity (Wildman–Crippen MR) is 71.8 cm³/mol. The van der Waals surface area contributed by atoms with E-state index in [2.05, 4.69) is 0 Å². The second-order valence-corrected chi connectivity index (χ2v) is 4.26. The number of aryl methyl sites for hydroxylation is 1. The summed E-state index contributed by atoms with van der Waals surface area (Å²) in [6, 6.07) is 12.5. The molecule has 2 N–H and O–H groups in total. The van der Waals surface area contributed by atoms with Crippen molar-refractivity contribution in [3.63, 3.8) is 0 Å². The van der Waals surface area contributed by atoms with E-state index in [1.165, 1.54) is 0 Å². The molecule has 0 bridgehead atoms. The Morgan fingerprint density at radius 3 is 2.67 bits per heavy atom. The molecule has 0 spiro atoms. The van der Waals surface area contributed by atoms with E-state index >= 15 is 0 Å². The van der Waals surface area contributed by atoms with Crippen molar-refractivity contribution in [2.75, 3.05) is 5.73 Å². The number of halogens is 1. The smallest absolute Gasteiger partial charge is 0.153 e. The molecule has 0 aliphatic carbocycles. The Morgan fingerprint density at radius 1 is 1.28 bits per heavy atom. The van der Waals surface area contributed by atoms with E-state index in [1.807, 2.05) is 25.1 Å². The Bertz CT molecular complexity index is 612. The molecular weight excluding hydrogens is 248 g/mol. The normalized spacial score (nSPS) is 9.83. The van der Waals surface area contributed by atoms with Crippen molar-refractivity contribution in [1.82, 2.24) is 0 Å². The van der Waals surface area contributed by atoms with Gasteiger partial charge in [-0.3, -0.25) is 0 Å². The number of rotatable bonds is 2. The molecule has 0 saturated heterocycles. The van der Waals surface area contributed by atoms with Crippen molar-refractivity contribution in [2.24, 2.45) is 0 Å². The molecule has 0 amide bonds. The standard InChI is InChI=1S/C14H11ClN2O/c1-9-3-2-4-13(17)14(9)18-11-6-5-10(8-16)12(15)7-11/h2-7H,17H2,1H3. The van der Waals surface area contributed by atoms with Gasteiger partial charge in [0.15, 0.2) is 5.75 Å². The summed E-state index contributed by atoms with van der Waals surface area (Å²) in [5.74, 6) is 1.17. The lowest BCUT2D eigenvalue weighted by Gasteiger charge is -2.11. The van der Waals surface area contributed by atoms with Crippen molar-refractivity contribution < 1.29 is 4.74 Å². The van der Waals surface area contributed by atoms with Crippen LogP contribution in [0.5, 0.6) is 11.5 Å². The number of ether oxygens (including phenoxy) is 1. The van der Waals surface area contributed by atoms with Gasteiger partial charge in [0.05, 0.1) is 16.3 Å². The van der Waals surface area contributed by atoms with Crippen molar-refractivity contribution in [3.05, 3.63) is 52.5 Å². The predicted octanol–water partition coefficient (Wildman–Crippen LogP) is 3.89. The highest BCUT2D eigenvalue weighted by Crippen LogP contribution is 2.32. The third-order valence-electron chi connectivity index (χ3n) is 2.52. The summed E-state index contributed by atoms with van der Waals surface area (Å²) < 4.78 is 5.70. The lowest BCUT2D eigenvalue weighted by Crippen LogP contribution is -1.94. The fourth-order valence-electron chi connectivity index (χ4n) is 1.58. The summed E-state index contributed by atoms with van der Waals surface area (Å²) in [6.07, 6.45) is 0. The Labute approximate surface area is 110 Å². The van der Waals surface area contributed by atoms with E-state index in [0.717, 1.165) is 5.56 Å². The van der Waals surface area contributed by atoms with Crippen LogP contribution in [-0.4, -0.2) is 0 Å². The van der Waals surface area contributed by atoms with E-state index in [4.69, 9.17) is 27.3 Å². The molecule has 0 radical (unpaired) electrons. The fraction of sp³-hybridized carbons (Fsp3) is 0.0714. The highest BCUT2D eigenvalue weighted by molar-refractivity contribution is 6.31. The molecule has 0 unspecified atom stereocenters. The highest BCUT2D eigenvalue weighted by Gasteiger charge is 2.07. The van der Waals surface area contributed by atoms with Crippen molar-refractivity contribution in [1.29, 1.82) is 5.26 Å². The Morgan fingerprint density at radius 2 is 2.06 bits per heavy atom. The van der Waals surface area contributed by atoms with E-state index < -0.39 is 0 Å². The summed E-state index contributed by atoms with van der Waals surface area (Å²) >= 11 is 5.94. The molecule has 0 saturated carbocycles. The minimum absolute atomic E-state index is 0.363. The van der Waals surface area contributed by atoms with Gasteiger partial charge in [0, 0.05) is 6.07 Å². The maximum absolute atomic E-state index is 8.79. The molecule has 2 rings (SSSR count). The second-order valence-electron chi connectivity index (χ2n) is 3.85. The van der Waals surface area contributed by atoms with E-state index in [1.54, 1.807) is 24.3 Å². The zero-order valence-electron chi connectivity index (χ0n) is 9.77. The Hall–Kier alpha value is -2.18. The van der Waals surface area contributed by atoms with Crippen LogP contribution in [0.15, 0.2) is 36.4 Å². The van der Waals surface area contributed by atoms with E-state index in [0.29, 0.717) is 27.8 Å². The SMILES string of the molecule is Cc1cccc(N)c1Oc1ccc(C#N)c(Cl)c1. The zero-order valence-corrected chi connectivity index (χ0v) is 10.5. The third kappa shape index (κ3) is 2.39. The van der Waals surface area contributed by atoms with Gasteiger partial charge in [-0.15, -0.1) is 0 Å². The first-order valence-electron chi connectivity index (χ1n) is 5.34. The molecule has 0 fully saturated rings. The molecule has 18 heavy (non-hydrogen) atoms. The van der Waals surface area contributed by atoms with Crippen LogP contribution in [0.1, 0.15) is 11.1 Å². The number of nitrogen functional groups attached to an aromatic ring is 1. The first kappa shape index (κ1) is 12.3. The lowest BCUT2D eigenvalue weighted by atomic mass is 10.2. The van der Waals surface area contributed by atoms with Gasteiger partial charge in [-0.1, -0.05) is 23.7 Å². The summed E-state index contributed by atoms with van der Waals surface area (Å²) in [5, 5.41) is 9.16. The molecule has 0 aliphatic rings. The molecule has 0 atom stereocenters. The van der Waals surface area contributed by atoms with E-state index in [9.17, 15) is 0 Å². The van der Waals surface area contributed by atoms with Gasteiger partial charge in [0.2, 0.25) is 0 Å². The van der Waals surface area contributed by atoms with Crippen molar-refractivity contribution in [2.45, 2.75) is 6.92 Å². The summed E-state index contributed by atoms with van der Waals surface area (Å²) in [4.78, 5) is 0. The second kappa shape index (κ2) is 4.99. The Kier molecular flexibility index (Phi) is 3.40. The minimum Gasteiger partial charge on any atom is -0.455 e. The van der Waals surface area contributed by atoms with Gasteiger partial charge in [0.1, 0.15) is 11.8 Å². The summed E-state index contributed by atoms with van der Waals surface area (Å²) in [6.45, 7) is 1.91. The fourth-order valence-corrected chi connectivity index (χ4v) is 1.80. The molecule has 0 heterocycles. The number of nitrogens with two attached hydrogens (primary N) is 1. The number of benzene rings is 2. The molecule has 0 aliphatic heterocycles. The van der Waals surface area contributed by atoms with Crippen LogP contribution in [0.2, 0.25) is 5.02 Å². The largest absolute Gasteiger partial charge is 0.455 e. The number of anilines is 1. The van der Waals surface area contributed by atoms with Crippen LogP contribution < -0.4 is 10.5 Å². The first-order chi connectivity index (χ1) is 8.61. The maximum Gasteiger partial charge on any atom is 0.153 e. The molecule has 2 aromatic rings. The van der Waals surface area contributed by atoms with Gasteiger partial charge < -0.3 is 10.5 Å². The number of nitriles is 1. The number of para-hydroxylation sites is 1. The number of hydrogen-bond donors (Lipinski definition) is 1. The van der Waals surface area contributed by atoms with Gasteiger partial charge in [-0.05, 0) is 30.7 Å². The minimum atomic E-state index is 0.363. The summed E-state index contributed by atoms with van der Waals surface area (Å²) in [7, 11) is 0. The average molecular weight is 259 g/mol. The lowest BCUT2D eigenvalue weighted by molar-refractivity contribution is 0.481. The molecule has 4 heteroatoms. The highest BCUT2D eigenvalue weighted by atomic mass is 35.5. The quantitative estimate of drug-likeness (QED) is 0.831. The topological polar surface area (TPSA) is 59.0 Å². The Balaban J connectivity index is 2.35. The molecule has 0 aromatic heterocycles. The summed E-state index contributed by atoms with van der Waals surface area (Å²) in [5.41, 5.74) is 7.78. The number of nitrogens with zero attached hydrogens (tertiary/aromatic N) is 1. The first-order valence-corrected chi connectivity index (χ1v) is 5.72. The molecular formula is C14H11ClN2O. The van der Waals surface area contributed by atoms with Crippen molar-refractivity contribution >= 4 is 17.3 Å². The van der Waals surface area contributed by atoms with Crippen LogP contribution in [0.4, 0.5) is 5.69 Å². The maximum atomic E-state index is 8.79. The van der Waals surface area contributed by atoms with Crippen LogP contribution in [0.3, 0.4) is 0 Å².